The Morgan fingerprint density at radius 1 is 1.27 bits per heavy atom. The third-order valence-corrected chi connectivity index (χ3v) is 2.45. The minimum atomic E-state index is 0.825. The van der Waals surface area contributed by atoms with E-state index in [0.29, 0.717) is 0 Å². The Bertz CT molecular complexity index is 159. The summed E-state index contributed by atoms with van der Waals surface area (Å²) < 4.78 is 5.26. The fraction of sp³-hybridized carbons (Fsp3) is 0.778. The first kappa shape index (κ1) is 7.17. The van der Waals surface area contributed by atoms with Crippen LogP contribution in [0.1, 0.15) is 19.3 Å². The molecule has 0 aromatic rings. The number of hydrogen-bond donors (Lipinski definition) is 0. The van der Waals surface area contributed by atoms with Crippen molar-refractivity contribution in [3.05, 3.63) is 11.8 Å². The minimum absolute atomic E-state index is 0.825. The average molecular weight is 153 g/mol. The summed E-state index contributed by atoms with van der Waals surface area (Å²) in [6.45, 7) is 4.28. The molecule has 62 valence electrons. The third-order valence-electron chi connectivity index (χ3n) is 2.45. The largest absolute Gasteiger partial charge is 0.377 e. The smallest absolute Gasteiger partial charge is 0.0667 e. The van der Waals surface area contributed by atoms with E-state index in [4.69, 9.17) is 4.74 Å². The zero-order chi connectivity index (χ0) is 7.52. The topological polar surface area (TPSA) is 12.5 Å². The van der Waals surface area contributed by atoms with Gasteiger partial charge in [0.25, 0.3) is 0 Å². The van der Waals surface area contributed by atoms with Gasteiger partial charge in [0, 0.05) is 25.2 Å². The van der Waals surface area contributed by atoms with E-state index in [-0.39, 0.29) is 0 Å². The van der Waals surface area contributed by atoms with Crippen molar-refractivity contribution in [2.24, 2.45) is 0 Å². The predicted octanol–water partition coefficient (Wildman–Crippen LogP) is 1.39. The third kappa shape index (κ3) is 1.56. The van der Waals surface area contributed by atoms with Gasteiger partial charge in [0.1, 0.15) is 0 Å². The summed E-state index contributed by atoms with van der Waals surface area (Å²) in [4.78, 5) is 2.50. The second-order valence-electron chi connectivity index (χ2n) is 3.21. The first-order valence-electron chi connectivity index (χ1n) is 4.48. The second kappa shape index (κ2) is 3.26. The highest BCUT2D eigenvalue weighted by Crippen LogP contribution is 2.18. The molecule has 0 radical (unpaired) electrons. The molecule has 2 aliphatic rings. The van der Waals surface area contributed by atoms with Crippen LogP contribution in [0.4, 0.5) is 0 Å². The normalized spacial score (nSPS) is 25.5. The Balaban J connectivity index is 1.96. The van der Waals surface area contributed by atoms with Crippen molar-refractivity contribution >= 4 is 0 Å². The molecule has 2 aliphatic heterocycles. The van der Waals surface area contributed by atoms with Gasteiger partial charge < -0.3 is 9.64 Å². The molecule has 1 fully saturated rings. The molecule has 0 unspecified atom stereocenters. The average Bonchev–Trinajstić information content (AvgIpc) is 2.58. The van der Waals surface area contributed by atoms with Gasteiger partial charge in [0.05, 0.1) is 13.2 Å². The molecule has 2 rings (SSSR count). The lowest BCUT2D eigenvalue weighted by Gasteiger charge is -2.24. The molecule has 11 heavy (non-hydrogen) atoms. The zero-order valence-corrected chi connectivity index (χ0v) is 6.88. The van der Waals surface area contributed by atoms with E-state index in [9.17, 15) is 0 Å². The molecule has 0 N–H and O–H groups in total. The van der Waals surface area contributed by atoms with Crippen molar-refractivity contribution in [1.82, 2.24) is 4.90 Å². The van der Waals surface area contributed by atoms with Crippen molar-refractivity contribution < 1.29 is 4.74 Å². The quantitative estimate of drug-likeness (QED) is 0.564. The number of ether oxygens (including phenoxy) is 1. The standard InChI is InChI=1S/C9H15NO/c1-2-6-10(5-1)9-3-7-11-8-4-9/h3H,1-2,4-8H2. The van der Waals surface area contributed by atoms with Crippen molar-refractivity contribution in [3.8, 4) is 0 Å². The lowest BCUT2D eigenvalue weighted by molar-refractivity contribution is 0.143. The van der Waals surface area contributed by atoms with Crippen LogP contribution < -0.4 is 0 Å². The number of likely N-dealkylation sites (tertiary alicyclic amines) is 1. The summed E-state index contributed by atoms with van der Waals surface area (Å²) in [6.07, 6.45) is 6.10. The number of rotatable bonds is 1. The molecule has 0 amide bonds. The molecular formula is C9H15NO. The maximum Gasteiger partial charge on any atom is 0.0667 e. The van der Waals surface area contributed by atoms with Gasteiger partial charge in [0.15, 0.2) is 0 Å². The fourth-order valence-corrected chi connectivity index (χ4v) is 1.81. The predicted molar refractivity (Wildman–Crippen MR) is 44.3 cm³/mol. The summed E-state index contributed by atoms with van der Waals surface area (Å²) in [5.74, 6) is 0. The highest BCUT2D eigenvalue weighted by atomic mass is 16.5. The van der Waals surface area contributed by atoms with Crippen molar-refractivity contribution in [3.63, 3.8) is 0 Å². The summed E-state index contributed by atoms with van der Waals surface area (Å²) in [6, 6.07) is 0. The lowest BCUT2D eigenvalue weighted by Crippen LogP contribution is -2.22. The molecule has 0 aliphatic carbocycles. The minimum Gasteiger partial charge on any atom is -0.377 e. The van der Waals surface area contributed by atoms with E-state index in [2.05, 4.69) is 11.0 Å². The highest BCUT2D eigenvalue weighted by molar-refractivity contribution is 5.04. The Kier molecular flexibility index (Phi) is 2.13. The van der Waals surface area contributed by atoms with E-state index >= 15 is 0 Å². The van der Waals surface area contributed by atoms with Crippen LogP contribution in [0.25, 0.3) is 0 Å². The molecule has 0 aromatic heterocycles. The number of hydrogen-bond acceptors (Lipinski definition) is 2. The van der Waals surface area contributed by atoms with E-state index in [0.717, 1.165) is 19.6 Å². The van der Waals surface area contributed by atoms with Crippen LogP contribution in [0, 0.1) is 0 Å². The maximum atomic E-state index is 5.26. The van der Waals surface area contributed by atoms with Crippen LogP contribution in [0.15, 0.2) is 11.8 Å². The van der Waals surface area contributed by atoms with Gasteiger partial charge in [0.2, 0.25) is 0 Å². The molecule has 0 atom stereocenters. The Morgan fingerprint density at radius 3 is 2.73 bits per heavy atom. The van der Waals surface area contributed by atoms with Gasteiger partial charge in [-0.05, 0) is 18.9 Å². The van der Waals surface area contributed by atoms with Crippen molar-refractivity contribution in [1.29, 1.82) is 0 Å². The SMILES string of the molecule is C1=C(N2CCCC2)CCOC1. The van der Waals surface area contributed by atoms with Crippen molar-refractivity contribution in [2.75, 3.05) is 26.3 Å². The highest BCUT2D eigenvalue weighted by Gasteiger charge is 2.15. The van der Waals surface area contributed by atoms with E-state index in [1.807, 2.05) is 0 Å². The first-order valence-corrected chi connectivity index (χ1v) is 4.48. The molecule has 1 saturated heterocycles. The summed E-state index contributed by atoms with van der Waals surface area (Å²) in [7, 11) is 0. The van der Waals surface area contributed by atoms with Crippen molar-refractivity contribution in [2.45, 2.75) is 19.3 Å². The molecular weight excluding hydrogens is 138 g/mol. The Morgan fingerprint density at radius 2 is 2.09 bits per heavy atom. The van der Waals surface area contributed by atoms with Crippen LogP contribution in [-0.2, 0) is 4.74 Å². The summed E-state index contributed by atoms with van der Waals surface area (Å²) >= 11 is 0. The maximum absolute atomic E-state index is 5.26. The molecule has 0 saturated carbocycles. The zero-order valence-electron chi connectivity index (χ0n) is 6.88. The van der Waals surface area contributed by atoms with Gasteiger partial charge in [-0.25, -0.2) is 0 Å². The Labute approximate surface area is 67.8 Å². The lowest BCUT2D eigenvalue weighted by atomic mass is 10.2. The monoisotopic (exact) mass is 153 g/mol. The van der Waals surface area contributed by atoms with Crippen LogP contribution >= 0.6 is 0 Å². The molecule has 0 spiro atoms. The van der Waals surface area contributed by atoms with Gasteiger partial charge in [-0.15, -0.1) is 0 Å². The van der Waals surface area contributed by atoms with Gasteiger partial charge in [-0.1, -0.05) is 0 Å². The van der Waals surface area contributed by atoms with E-state index in [1.165, 1.54) is 31.6 Å². The fourth-order valence-electron chi connectivity index (χ4n) is 1.81. The molecule has 0 aromatic carbocycles. The van der Waals surface area contributed by atoms with Crippen LogP contribution in [0.5, 0.6) is 0 Å². The molecule has 2 nitrogen and oxygen atoms in total. The number of nitrogens with zero attached hydrogens (tertiary/aromatic N) is 1. The summed E-state index contributed by atoms with van der Waals surface area (Å²) in [5, 5.41) is 0. The van der Waals surface area contributed by atoms with Gasteiger partial charge in [-0.3, -0.25) is 0 Å². The van der Waals surface area contributed by atoms with Crippen LogP contribution in [0.3, 0.4) is 0 Å². The van der Waals surface area contributed by atoms with E-state index < -0.39 is 0 Å². The molecule has 2 heteroatoms. The first-order chi connectivity index (χ1) is 5.47. The van der Waals surface area contributed by atoms with Gasteiger partial charge >= 0.3 is 0 Å². The van der Waals surface area contributed by atoms with Gasteiger partial charge in [-0.2, -0.15) is 0 Å². The van der Waals surface area contributed by atoms with Crippen LogP contribution in [0.2, 0.25) is 0 Å². The van der Waals surface area contributed by atoms with Crippen LogP contribution in [-0.4, -0.2) is 31.2 Å². The molecule has 0 bridgehead atoms. The molecule has 2 heterocycles. The summed E-state index contributed by atoms with van der Waals surface area (Å²) in [5.41, 5.74) is 1.52. The second-order valence-corrected chi connectivity index (χ2v) is 3.21. The van der Waals surface area contributed by atoms with E-state index in [1.54, 1.807) is 0 Å². The Hall–Kier alpha value is -0.500.